The average Bonchev–Trinajstić information content (AvgIpc) is 3.35. The molecule has 2 heterocycles. The maximum atomic E-state index is 13.2. The molecule has 2 aromatic carbocycles. The van der Waals surface area contributed by atoms with Crippen molar-refractivity contribution < 1.29 is 19.1 Å². The molecule has 0 saturated carbocycles. The molecule has 0 spiro atoms. The molecule has 6 nitrogen and oxygen atoms in total. The highest BCUT2D eigenvalue weighted by atomic mass is 79.9. The Labute approximate surface area is 186 Å². The maximum absolute atomic E-state index is 13.2. The van der Waals surface area contributed by atoms with Gasteiger partial charge in [0, 0.05) is 10.0 Å². The molecule has 4 rings (SSSR count). The smallest absolute Gasteiger partial charge is 0.267 e. The number of rotatable bonds is 5. The molecule has 8 heteroatoms. The number of furan rings is 1. The van der Waals surface area contributed by atoms with Crippen LogP contribution in [-0.4, -0.2) is 28.2 Å². The minimum Gasteiger partial charge on any atom is -0.504 e. The van der Waals surface area contributed by atoms with E-state index in [0.29, 0.717) is 27.1 Å². The second-order valence-corrected chi connectivity index (χ2v) is 8.28. The lowest BCUT2D eigenvalue weighted by atomic mass is 10.1. The van der Waals surface area contributed by atoms with Crippen LogP contribution in [0.25, 0.3) is 6.08 Å². The van der Waals surface area contributed by atoms with Gasteiger partial charge in [0.15, 0.2) is 16.7 Å². The van der Waals surface area contributed by atoms with E-state index in [1.165, 1.54) is 18.9 Å². The average molecular weight is 485 g/mol. The number of amides is 1. The highest BCUT2D eigenvalue weighted by molar-refractivity contribution is 9.10. The van der Waals surface area contributed by atoms with Crippen LogP contribution in [0.15, 0.2) is 79.6 Å². The first-order chi connectivity index (χ1) is 14.5. The van der Waals surface area contributed by atoms with Crippen molar-refractivity contribution in [3.8, 4) is 11.5 Å². The van der Waals surface area contributed by atoms with Crippen molar-refractivity contribution in [2.24, 2.45) is 4.99 Å². The molecule has 0 bridgehead atoms. The number of phenolic OH excluding ortho intramolecular Hbond substituents is 1. The van der Waals surface area contributed by atoms with Crippen molar-refractivity contribution in [3.05, 3.63) is 81.6 Å². The molecule has 0 radical (unpaired) electrons. The molecular weight excluding hydrogens is 468 g/mol. The summed E-state index contributed by atoms with van der Waals surface area (Å²) in [6.07, 6.45) is 3.21. The Morgan fingerprint density at radius 3 is 2.73 bits per heavy atom. The molecule has 1 N–H and O–H groups in total. The number of aliphatic imine (C=N–C) groups is 1. The Balaban J connectivity index is 1.74. The van der Waals surface area contributed by atoms with Crippen LogP contribution >= 0.6 is 27.7 Å². The number of hydrogen-bond acceptors (Lipinski definition) is 6. The number of thioether (sulfide) groups is 1. The van der Waals surface area contributed by atoms with Gasteiger partial charge in [0.05, 0.1) is 30.5 Å². The van der Waals surface area contributed by atoms with Crippen LogP contribution in [0.2, 0.25) is 0 Å². The molecule has 30 heavy (non-hydrogen) atoms. The van der Waals surface area contributed by atoms with Crippen LogP contribution in [0.3, 0.4) is 0 Å². The van der Waals surface area contributed by atoms with Gasteiger partial charge in [0.2, 0.25) is 0 Å². The number of para-hydroxylation sites is 1. The van der Waals surface area contributed by atoms with Crippen LogP contribution in [0.5, 0.6) is 11.5 Å². The fraction of sp³-hybridized carbons (Fsp3) is 0.0909. The standard InChI is InChI=1S/C22H17BrN2O4S/c1-28-18-12-15(23)10-14(20(18)26)11-19-21(27)25(13-17-8-5-9-29-17)22(30-19)24-16-6-3-2-4-7-16/h2-12,26H,13H2,1H3/b19-11-,24-22?. The van der Waals surface area contributed by atoms with E-state index in [-0.39, 0.29) is 18.2 Å². The number of carbonyl (C=O) groups excluding carboxylic acids is 1. The molecule has 0 unspecified atom stereocenters. The first-order valence-corrected chi connectivity index (χ1v) is 10.6. The zero-order valence-corrected chi connectivity index (χ0v) is 18.3. The first-order valence-electron chi connectivity index (χ1n) is 8.99. The Kier molecular flexibility index (Phi) is 5.96. The van der Waals surface area contributed by atoms with E-state index in [9.17, 15) is 9.90 Å². The molecule has 1 saturated heterocycles. The van der Waals surface area contributed by atoms with Crippen LogP contribution in [0.1, 0.15) is 11.3 Å². The van der Waals surface area contributed by atoms with E-state index in [4.69, 9.17) is 9.15 Å². The quantitative estimate of drug-likeness (QED) is 0.479. The van der Waals surface area contributed by atoms with Crippen molar-refractivity contribution in [2.75, 3.05) is 7.11 Å². The van der Waals surface area contributed by atoms with Gasteiger partial charge in [-0.1, -0.05) is 34.1 Å². The lowest BCUT2D eigenvalue weighted by molar-refractivity contribution is -0.122. The Hall–Kier alpha value is -2.97. The minimum atomic E-state index is -0.218. The number of methoxy groups -OCH3 is 1. The normalized spacial score (nSPS) is 16.6. The van der Waals surface area contributed by atoms with E-state index in [2.05, 4.69) is 20.9 Å². The first kappa shape index (κ1) is 20.3. The third kappa shape index (κ3) is 4.29. The number of aromatic hydroxyl groups is 1. The number of carbonyl (C=O) groups is 1. The minimum absolute atomic E-state index is 0.0346. The maximum Gasteiger partial charge on any atom is 0.267 e. The molecule has 0 aliphatic carbocycles. The van der Waals surface area contributed by atoms with Gasteiger partial charge in [-0.3, -0.25) is 9.69 Å². The van der Waals surface area contributed by atoms with Crippen molar-refractivity contribution in [1.82, 2.24) is 4.90 Å². The lowest BCUT2D eigenvalue weighted by Crippen LogP contribution is -2.28. The van der Waals surface area contributed by atoms with Crippen LogP contribution in [0, 0.1) is 0 Å². The zero-order valence-electron chi connectivity index (χ0n) is 15.9. The summed E-state index contributed by atoms with van der Waals surface area (Å²) in [5, 5.41) is 11.0. The van der Waals surface area contributed by atoms with Gasteiger partial charge >= 0.3 is 0 Å². The molecule has 152 valence electrons. The topological polar surface area (TPSA) is 75.3 Å². The van der Waals surface area contributed by atoms with Gasteiger partial charge in [0.25, 0.3) is 5.91 Å². The number of halogens is 1. The van der Waals surface area contributed by atoms with Crippen LogP contribution < -0.4 is 4.74 Å². The summed E-state index contributed by atoms with van der Waals surface area (Å²) in [5.74, 6) is 0.715. The van der Waals surface area contributed by atoms with Gasteiger partial charge < -0.3 is 14.3 Å². The van der Waals surface area contributed by atoms with Crippen molar-refractivity contribution in [3.63, 3.8) is 0 Å². The number of phenols is 1. The Morgan fingerprint density at radius 1 is 1.23 bits per heavy atom. The summed E-state index contributed by atoms with van der Waals surface area (Å²) >= 11 is 4.65. The van der Waals surface area contributed by atoms with Gasteiger partial charge in [0.1, 0.15) is 5.76 Å². The molecule has 1 aliphatic heterocycles. The van der Waals surface area contributed by atoms with Gasteiger partial charge in [-0.15, -0.1) is 0 Å². The van der Waals surface area contributed by atoms with Crippen molar-refractivity contribution in [1.29, 1.82) is 0 Å². The molecule has 1 fully saturated rings. The fourth-order valence-electron chi connectivity index (χ4n) is 2.90. The highest BCUT2D eigenvalue weighted by Crippen LogP contribution is 2.39. The third-order valence-corrected chi connectivity index (χ3v) is 5.80. The predicted octanol–water partition coefficient (Wildman–Crippen LogP) is 5.56. The molecular formula is C22H17BrN2O4S. The van der Waals surface area contributed by atoms with E-state index in [0.717, 1.165) is 10.2 Å². The monoisotopic (exact) mass is 484 g/mol. The number of hydrogen-bond donors (Lipinski definition) is 1. The predicted molar refractivity (Wildman–Crippen MR) is 121 cm³/mol. The summed E-state index contributed by atoms with van der Waals surface area (Å²) in [6, 6.07) is 16.4. The molecule has 1 aliphatic rings. The van der Waals surface area contributed by atoms with E-state index in [1.54, 1.807) is 35.4 Å². The molecule has 0 atom stereocenters. The summed E-state index contributed by atoms with van der Waals surface area (Å²) in [5.41, 5.74) is 1.21. The molecule has 1 aromatic heterocycles. The van der Waals surface area contributed by atoms with Crippen LogP contribution in [-0.2, 0) is 11.3 Å². The van der Waals surface area contributed by atoms with Crippen molar-refractivity contribution >= 4 is 50.5 Å². The largest absolute Gasteiger partial charge is 0.504 e. The highest BCUT2D eigenvalue weighted by Gasteiger charge is 2.34. The summed E-state index contributed by atoms with van der Waals surface area (Å²) < 4.78 is 11.3. The Bertz CT molecular complexity index is 1130. The van der Waals surface area contributed by atoms with E-state index >= 15 is 0 Å². The second-order valence-electron chi connectivity index (χ2n) is 6.36. The van der Waals surface area contributed by atoms with E-state index in [1.807, 2.05) is 36.4 Å². The van der Waals surface area contributed by atoms with E-state index < -0.39 is 0 Å². The third-order valence-electron chi connectivity index (χ3n) is 4.34. The molecule has 1 amide bonds. The SMILES string of the molecule is COc1cc(Br)cc(/C=C2\SC(=Nc3ccccc3)N(Cc3ccco3)C2=O)c1O. The van der Waals surface area contributed by atoms with Gasteiger partial charge in [-0.05, 0) is 54.2 Å². The fourth-order valence-corrected chi connectivity index (χ4v) is 4.35. The van der Waals surface area contributed by atoms with Crippen molar-refractivity contribution in [2.45, 2.75) is 6.54 Å². The summed E-state index contributed by atoms with van der Waals surface area (Å²) in [4.78, 5) is 19.8. The summed E-state index contributed by atoms with van der Waals surface area (Å²) in [6.45, 7) is 0.260. The zero-order chi connectivity index (χ0) is 21.1. The number of amidine groups is 1. The lowest BCUT2D eigenvalue weighted by Gasteiger charge is -2.13. The molecule has 3 aromatic rings. The van der Waals surface area contributed by atoms with Crippen LogP contribution in [0.4, 0.5) is 5.69 Å². The second kappa shape index (κ2) is 8.81. The Morgan fingerprint density at radius 2 is 2.03 bits per heavy atom. The number of nitrogens with zero attached hydrogens (tertiary/aromatic N) is 2. The van der Waals surface area contributed by atoms with Gasteiger partial charge in [-0.2, -0.15) is 0 Å². The summed E-state index contributed by atoms with van der Waals surface area (Å²) in [7, 11) is 1.48. The van der Waals surface area contributed by atoms with Gasteiger partial charge in [-0.25, -0.2) is 4.99 Å². The number of benzene rings is 2. The number of ether oxygens (including phenoxy) is 1.